The molecule has 0 saturated carbocycles. The SMILES string of the molecule is CC(C)(C)c1ccccc1.Cc1ccc(C(C)(C)C)cc1.Cc1cccc(C(C)(C)C)c1.Cc1cccc(C(C)(C)C)c1.[C-]#[N+]c1ccc(C(C)(C)C)cc1.[C-]#[N+]c1cccc(C(C)(C)C)c1. The summed E-state index contributed by atoms with van der Waals surface area (Å²) in [5.74, 6) is 0. The van der Waals surface area contributed by atoms with Crippen LogP contribution >= 0.6 is 0 Å². The quantitative estimate of drug-likeness (QED) is 0.134. The molecule has 6 aromatic carbocycles. The fourth-order valence-corrected chi connectivity index (χ4v) is 6.29. The third-order valence-electron chi connectivity index (χ3n) is 11.0. The fraction of sp³-hybridized carbons (Fsp3) is 0.415. The number of hydrogen-bond acceptors (Lipinski definition) is 0. The first-order valence-corrected chi connectivity index (χ1v) is 23.9. The van der Waals surface area contributed by atoms with E-state index < -0.39 is 0 Å². The van der Waals surface area contributed by atoms with Crippen LogP contribution in [0.2, 0.25) is 0 Å². The monoisotopic (exact) mass is 897 g/mol. The van der Waals surface area contributed by atoms with Crippen LogP contribution in [0, 0.1) is 33.9 Å². The van der Waals surface area contributed by atoms with E-state index in [9.17, 15) is 0 Å². The molecule has 0 aliphatic carbocycles. The molecule has 0 unspecified atom stereocenters. The van der Waals surface area contributed by atoms with E-state index in [-0.39, 0.29) is 27.1 Å². The molecule has 2 nitrogen and oxygen atoms in total. The molecule has 6 rings (SSSR count). The standard InChI is InChI=1S/2C11H13N.3C11H16.C10H14/c1-11(2,3)9-5-7-10(12-4)8-6-9;1-11(2,3)9-6-5-7-10(8-9)12-4;1-9-5-7-10(8-6-9)11(2,3)4;2*1-9-6-5-7-10(8-9)11(2,3)4;1-10(2,3)9-7-5-4-6-8-9/h2*5-8H,1-3H3;3*5-8H,1-4H3;4-8H,1-3H3. The van der Waals surface area contributed by atoms with Crippen LogP contribution in [-0.4, -0.2) is 0 Å². The number of rotatable bonds is 0. The van der Waals surface area contributed by atoms with Gasteiger partial charge in [0.25, 0.3) is 0 Å². The first-order chi connectivity index (χ1) is 30.7. The molecule has 0 radical (unpaired) electrons. The van der Waals surface area contributed by atoms with Gasteiger partial charge in [-0.1, -0.05) is 299 Å². The third kappa shape index (κ3) is 24.1. The molecular formula is C65H88N2. The first kappa shape index (κ1) is 59.3. The van der Waals surface area contributed by atoms with Crippen LogP contribution in [0.5, 0.6) is 0 Å². The average Bonchev–Trinajstić information content (AvgIpc) is 3.23. The molecule has 2 heteroatoms. The van der Waals surface area contributed by atoms with E-state index in [0.29, 0.717) is 11.1 Å². The van der Waals surface area contributed by atoms with Gasteiger partial charge < -0.3 is 0 Å². The van der Waals surface area contributed by atoms with E-state index in [4.69, 9.17) is 13.1 Å². The van der Waals surface area contributed by atoms with Crippen molar-refractivity contribution in [1.82, 2.24) is 0 Å². The number of hydrogen-bond donors (Lipinski definition) is 0. The molecule has 0 aromatic heterocycles. The maximum absolute atomic E-state index is 6.87. The highest BCUT2D eigenvalue weighted by Gasteiger charge is 2.16. The summed E-state index contributed by atoms with van der Waals surface area (Å²) in [6, 6.07) is 52.2. The molecule has 0 bridgehead atoms. The van der Waals surface area contributed by atoms with Crippen LogP contribution in [0.25, 0.3) is 9.69 Å². The molecule has 0 heterocycles. The normalized spacial score (nSPS) is 11.3. The van der Waals surface area contributed by atoms with E-state index in [1.807, 2.05) is 42.5 Å². The summed E-state index contributed by atoms with van der Waals surface area (Å²) in [6.45, 7) is 59.8. The maximum Gasteiger partial charge on any atom is 0.187 e. The highest BCUT2D eigenvalue weighted by Crippen LogP contribution is 2.27. The molecular weight excluding hydrogens is 809 g/mol. The minimum atomic E-state index is 0.140. The van der Waals surface area contributed by atoms with Crippen LogP contribution in [0.3, 0.4) is 0 Å². The summed E-state index contributed by atoms with van der Waals surface area (Å²) >= 11 is 0. The summed E-state index contributed by atoms with van der Waals surface area (Å²) < 4.78 is 0. The third-order valence-corrected chi connectivity index (χ3v) is 11.0. The Kier molecular flexibility index (Phi) is 23.0. The summed E-state index contributed by atoms with van der Waals surface area (Å²) in [7, 11) is 0. The maximum atomic E-state index is 6.87. The predicted molar refractivity (Wildman–Crippen MR) is 298 cm³/mol. The molecule has 67 heavy (non-hydrogen) atoms. The molecule has 0 spiro atoms. The summed E-state index contributed by atoms with van der Waals surface area (Å²) in [6.07, 6.45) is 0. The predicted octanol–water partition coefficient (Wildman–Crippen LogP) is 19.9. The minimum absolute atomic E-state index is 0.140. The van der Waals surface area contributed by atoms with Gasteiger partial charge in [-0.25, -0.2) is 9.69 Å². The minimum Gasteiger partial charge on any atom is -0.238 e. The fourth-order valence-electron chi connectivity index (χ4n) is 6.29. The lowest BCUT2D eigenvalue weighted by Gasteiger charge is -2.19. The van der Waals surface area contributed by atoms with Crippen molar-refractivity contribution < 1.29 is 0 Å². The van der Waals surface area contributed by atoms with Crippen LogP contribution in [0.1, 0.15) is 175 Å². The molecule has 0 aliphatic heterocycles. The highest BCUT2D eigenvalue weighted by molar-refractivity contribution is 5.48. The van der Waals surface area contributed by atoms with Crippen molar-refractivity contribution >= 4 is 11.4 Å². The van der Waals surface area contributed by atoms with Crippen molar-refractivity contribution in [3.8, 4) is 0 Å². The topological polar surface area (TPSA) is 8.72 Å². The zero-order valence-corrected chi connectivity index (χ0v) is 45.8. The second-order valence-electron chi connectivity index (χ2n) is 23.8. The first-order valence-electron chi connectivity index (χ1n) is 23.9. The lowest BCUT2D eigenvalue weighted by molar-refractivity contribution is 0.589. The van der Waals surface area contributed by atoms with Gasteiger partial charge >= 0.3 is 0 Å². The summed E-state index contributed by atoms with van der Waals surface area (Å²) in [4.78, 5) is 6.74. The summed E-state index contributed by atoms with van der Waals surface area (Å²) in [5.41, 5.74) is 15.0. The molecule has 0 saturated heterocycles. The number of benzene rings is 6. The zero-order chi connectivity index (χ0) is 51.4. The largest absolute Gasteiger partial charge is 0.238 e. The van der Waals surface area contributed by atoms with Gasteiger partial charge in [0.1, 0.15) is 0 Å². The Morgan fingerprint density at radius 2 is 0.537 bits per heavy atom. The molecule has 0 fully saturated rings. The van der Waals surface area contributed by atoms with Crippen LogP contribution < -0.4 is 0 Å². The van der Waals surface area contributed by atoms with Gasteiger partial charge in [-0.15, -0.1) is 0 Å². The smallest absolute Gasteiger partial charge is 0.187 e. The van der Waals surface area contributed by atoms with E-state index >= 15 is 0 Å². The van der Waals surface area contributed by atoms with E-state index in [2.05, 4.69) is 264 Å². The van der Waals surface area contributed by atoms with Crippen molar-refractivity contribution in [2.24, 2.45) is 0 Å². The van der Waals surface area contributed by atoms with Gasteiger partial charge in [-0.2, -0.15) is 0 Å². The van der Waals surface area contributed by atoms with Crippen molar-refractivity contribution in [2.45, 2.75) is 178 Å². The Hall–Kier alpha value is -5.70. The van der Waals surface area contributed by atoms with Gasteiger partial charge in [0.05, 0.1) is 13.1 Å². The van der Waals surface area contributed by atoms with Crippen molar-refractivity contribution in [3.05, 3.63) is 225 Å². The van der Waals surface area contributed by atoms with Crippen LogP contribution in [0.15, 0.2) is 152 Å². The molecule has 0 aliphatic rings. The van der Waals surface area contributed by atoms with Crippen molar-refractivity contribution in [3.63, 3.8) is 0 Å². The van der Waals surface area contributed by atoms with E-state index in [1.165, 1.54) is 50.1 Å². The van der Waals surface area contributed by atoms with Crippen molar-refractivity contribution in [2.75, 3.05) is 0 Å². The lowest BCUT2D eigenvalue weighted by Crippen LogP contribution is -2.10. The van der Waals surface area contributed by atoms with Crippen LogP contribution in [-0.2, 0) is 32.5 Å². The second-order valence-corrected chi connectivity index (χ2v) is 23.8. The Labute approximate surface area is 412 Å². The second kappa shape index (κ2) is 26.0. The molecule has 0 N–H and O–H groups in total. The summed E-state index contributed by atoms with van der Waals surface area (Å²) in [5, 5.41) is 0. The van der Waals surface area contributed by atoms with Crippen molar-refractivity contribution in [1.29, 1.82) is 0 Å². The number of nitrogens with zero attached hydrogens (tertiary/aromatic N) is 2. The van der Waals surface area contributed by atoms with Gasteiger partial charge in [-0.3, -0.25) is 0 Å². The molecule has 358 valence electrons. The Morgan fingerprint density at radius 3 is 0.821 bits per heavy atom. The van der Waals surface area contributed by atoms with E-state index in [1.54, 1.807) is 0 Å². The molecule has 0 amide bonds. The highest BCUT2D eigenvalue weighted by atomic mass is 14.6. The lowest BCUT2D eigenvalue weighted by atomic mass is 9.86. The molecule has 6 aromatic rings. The average molecular weight is 897 g/mol. The van der Waals surface area contributed by atoms with Crippen LogP contribution in [0.4, 0.5) is 11.4 Å². The molecule has 0 atom stereocenters. The Morgan fingerprint density at radius 1 is 0.254 bits per heavy atom. The van der Waals surface area contributed by atoms with E-state index in [0.717, 1.165) is 5.69 Å². The van der Waals surface area contributed by atoms with Gasteiger partial charge in [0.2, 0.25) is 0 Å². The van der Waals surface area contributed by atoms with Gasteiger partial charge in [0, 0.05) is 0 Å². The number of aryl methyl sites for hydroxylation is 3. The van der Waals surface area contributed by atoms with Gasteiger partial charge in [-0.05, 0) is 81.1 Å². The zero-order valence-electron chi connectivity index (χ0n) is 45.8. The Bertz CT molecular complexity index is 2350. The van der Waals surface area contributed by atoms with Gasteiger partial charge in [0.15, 0.2) is 11.4 Å². The Balaban J connectivity index is 0.000000402.